The lowest BCUT2D eigenvalue weighted by molar-refractivity contribution is -0.383. The van der Waals surface area contributed by atoms with Gasteiger partial charge in [-0.15, -0.1) is 0 Å². The van der Waals surface area contributed by atoms with Gasteiger partial charge in [0.15, 0.2) is 0 Å². The number of ether oxygens (including phenoxy) is 1. The highest BCUT2D eigenvalue weighted by Crippen LogP contribution is 2.35. The normalized spacial score (nSPS) is 22.1. The highest BCUT2D eigenvalue weighted by atomic mass is 16.6. The van der Waals surface area contributed by atoms with E-state index in [-0.39, 0.29) is 22.8 Å². The predicted octanol–water partition coefficient (Wildman–Crippen LogP) is 2.23. The molecular formula is C12H17N3O3. The summed E-state index contributed by atoms with van der Waals surface area (Å²) in [5, 5.41) is 17.2. The summed E-state index contributed by atoms with van der Waals surface area (Å²) >= 11 is 0. The van der Waals surface area contributed by atoms with Crippen molar-refractivity contribution in [3.8, 4) is 0 Å². The molecule has 1 fully saturated rings. The van der Waals surface area contributed by atoms with Crippen LogP contribution in [0, 0.1) is 10.1 Å². The molecule has 0 saturated heterocycles. The van der Waals surface area contributed by atoms with Crippen LogP contribution in [0.15, 0.2) is 18.2 Å². The molecule has 0 spiro atoms. The van der Waals surface area contributed by atoms with Crippen molar-refractivity contribution in [1.82, 2.24) is 0 Å². The van der Waals surface area contributed by atoms with E-state index < -0.39 is 0 Å². The smallest absolute Gasteiger partial charge is 0.315 e. The highest BCUT2D eigenvalue weighted by molar-refractivity contribution is 5.76. The number of rotatable bonds is 5. The Balaban J connectivity index is 2.15. The van der Waals surface area contributed by atoms with E-state index in [0.29, 0.717) is 11.4 Å². The number of nitro benzene ring substituents is 1. The van der Waals surface area contributed by atoms with Crippen LogP contribution in [-0.2, 0) is 4.74 Å². The van der Waals surface area contributed by atoms with Crippen LogP contribution < -0.4 is 10.6 Å². The van der Waals surface area contributed by atoms with Gasteiger partial charge in [0.25, 0.3) is 0 Å². The fraction of sp³-hybridized carbons (Fsp3) is 0.500. The number of anilines is 2. The Bertz CT molecular complexity index is 444. The Hall–Kier alpha value is -1.82. The van der Waals surface area contributed by atoms with Gasteiger partial charge in [-0.25, -0.2) is 0 Å². The molecule has 0 radical (unpaired) electrons. The summed E-state index contributed by atoms with van der Waals surface area (Å²) in [6.07, 6.45) is 2.04. The Morgan fingerprint density at radius 1 is 1.39 bits per heavy atom. The predicted molar refractivity (Wildman–Crippen MR) is 70.1 cm³/mol. The van der Waals surface area contributed by atoms with Gasteiger partial charge in [-0.1, -0.05) is 6.07 Å². The molecule has 0 aromatic heterocycles. The van der Waals surface area contributed by atoms with Crippen LogP contribution in [0.5, 0.6) is 0 Å². The van der Waals surface area contributed by atoms with Crippen LogP contribution in [0.3, 0.4) is 0 Å². The van der Waals surface area contributed by atoms with Gasteiger partial charge >= 0.3 is 5.69 Å². The summed E-state index contributed by atoms with van der Waals surface area (Å²) in [4.78, 5) is 10.8. The SMILES string of the molecule is CNc1cccc(NC2CC(OC)C2)c1[N+](=O)[O-]. The Kier molecular flexibility index (Phi) is 3.66. The highest BCUT2D eigenvalue weighted by Gasteiger charge is 2.31. The Morgan fingerprint density at radius 2 is 2.06 bits per heavy atom. The third-order valence-corrected chi connectivity index (χ3v) is 3.28. The minimum atomic E-state index is -0.360. The molecule has 98 valence electrons. The Morgan fingerprint density at radius 3 is 2.61 bits per heavy atom. The van der Waals surface area contributed by atoms with Crippen LogP contribution in [0.25, 0.3) is 0 Å². The molecule has 6 nitrogen and oxygen atoms in total. The number of hydrogen-bond acceptors (Lipinski definition) is 5. The summed E-state index contributed by atoms with van der Waals surface area (Å²) in [6.45, 7) is 0. The summed E-state index contributed by atoms with van der Waals surface area (Å²) in [5.74, 6) is 0. The number of benzene rings is 1. The zero-order valence-corrected chi connectivity index (χ0v) is 10.5. The van der Waals surface area contributed by atoms with E-state index in [1.165, 1.54) is 0 Å². The molecule has 18 heavy (non-hydrogen) atoms. The van der Waals surface area contributed by atoms with Crippen LogP contribution in [0.1, 0.15) is 12.8 Å². The molecule has 0 atom stereocenters. The average Bonchev–Trinajstić information content (AvgIpc) is 2.32. The maximum atomic E-state index is 11.1. The zero-order chi connectivity index (χ0) is 13.1. The first kappa shape index (κ1) is 12.6. The fourth-order valence-electron chi connectivity index (χ4n) is 2.15. The molecule has 6 heteroatoms. The van der Waals surface area contributed by atoms with Crippen molar-refractivity contribution in [3.05, 3.63) is 28.3 Å². The average molecular weight is 251 g/mol. The number of para-hydroxylation sites is 1. The fourth-order valence-corrected chi connectivity index (χ4v) is 2.15. The van der Waals surface area contributed by atoms with E-state index >= 15 is 0 Å². The van der Waals surface area contributed by atoms with Crippen LogP contribution >= 0.6 is 0 Å². The third-order valence-electron chi connectivity index (χ3n) is 3.28. The molecule has 2 N–H and O–H groups in total. The molecular weight excluding hydrogens is 234 g/mol. The second kappa shape index (κ2) is 5.22. The van der Waals surface area contributed by atoms with E-state index in [4.69, 9.17) is 4.74 Å². The van der Waals surface area contributed by atoms with E-state index in [9.17, 15) is 10.1 Å². The van der Waals surface area contributed by atoms with Crippen LogP contribution in [0.2, 0.25) is 0 Å². The summed E-state index contributed by atoms with van der Waals surface area (Å²) < 4.78 is 5.19. The van der Waals surface area contributed by atoms with Gasteiger partial charge < -0.3 is 15.4 Å². The first-order valence-electron chi connectivity index (χ1n) is 5.90. The standard InChI is InChI=1S/C12H17N3O3/c1-13-10-4-3-5-11(12(10)15(16)17)14-8-6-9(7-8)18-2/h3-5,8-9,13-14H,6-7H2,1-2H3. The number of hydrogen-bond donors (Lipinski definition) is 2. The van der Waals surface area contributed by atoms with Crippen molar-refractivity contribution in [1.29, 1.82) is 0 Å². The zero-order valence-electron chi connectivity index (χ0n) is 10.5. The molecule has 1 aromatic rings. The minimum Gasteiger partial charge on any atom is -0.382 e. The molecule has 0 aliphatic heterocycles. The van der Waals surface area contributed by atoms with Gasteiger partial charge in [-0.05, 0) is 25.0 Å². The number of nitro groups is 1. The second-order valence-electron chi connectivity index (χ2n) is 4.38. The molecule has 1 aliphatic carbocycles. The van der Waals surface area contributed by atoms with Crippen molar-refractivity contribution in [2.45, 2.75) is 25.0 Å². The largest absolute Gasteiger partial charge is 0.382 e. The monoisotopic (exact) mass is 251 g/mol. The molecule has 2 rings (SSSR count). The van der Waals surface area contributed by atoms with E-state index in [1.807, 2.05) is 0 Å². The van der Waals surface area contributed by atoms with Crippen molar-refractivity contribution in [3.63, 3.8) is 0 Å². The molecule has 1 aromatic carbocycles. The second-order valence-corrected chi connectivity index (χ2v) is 4.38. The maximum absolute atomic E-state index is 11.1. The molecule has 1 saturated carbocycles. The van der Waals surface area contributed by atoms with Crippen molar-refractivity contribution in [2.24, 2.45) is 0 Å². The first-order chi connectivity index (χ1) is 8.65. The lowest BCUT2D eigenvalue weighted by Crippen LogP contribution is -2.40. The number of nitrogens with zero attached hydrogens (tertiary/aromatic N) is 1. The van der Waals surface area contributed by atoms with Crippen LogP contribution in [-0.4, -0.2) is 31.2 Å². The van der Waals surface area contributed by atoms with Crippen molar-refractivity contribution >= 4 is 17.1 Å². The summed E-state index contributed by atoms with van der Waals surface area (Å²) in [5.41, 5.74) is 1.18. The molecule has 0 amide bonds. The van der Waals surface area contributed by atoms with E-state index in [1.54, 1.807) is 32.4 Å². The molecule has 1 aliphatic rings. The quantitative estimate of drug-likeness (QED) is 0.620. The number of nitrogens with one attached hydrogen (secondary N) is 2. The van der Waals surface area contributed by atoms with Gasteiger partial charge in [0.05, 0.1) is 11.0 Å². The number of methoxy groups -OCH3 is 1. The van der Waals surface area contributed by atoms with Crippen molar-refractivity contribution < 1.29 is 9.66 Å². The molecule has 0 unspecified atom stereocenters. The maximum Gasteiger partial charge on any atom is 0.315 e. The van der Waals surface area contributed by atoms with Gasteiger partial charge in [0.1, 0.15) is 11.4 Å². The lowest BCUT2D eigenvalue weighted by Gasteiger charge is -2.35. The van der Waals surface area contributed by atoms with E-state index in [2.05, 4.69) is 10.6 Å². The van der Waals surface area contributed by atoms with Crippen molar-refractivity contribution in [2.75, 3.05) is 24.8 Å². The molecule has 0 bridgehead atoms. The third kappa shape index (κ3) is 2.38. The summed E-state index contributed by atoms with van der Waals surface area (Å²) in [6, 6.07) is 5.48. The van der Waals surface area contributed by atoms with Gasteiger partial charge in [-0.2, -0.15) is 0 Å². The van der Waals surface area contributed by atoms with Crippen LogP contribution in [0.4, 0.5) is 17.1 Å². The van der Waals surface area contributed by atoms with Gasteiger partial charge in [0, 0.05) is 20.2 Å². The van der Waals surface area contributed by atoms with Gasteiger partial charge in [-0.3, -0.25) is 10.1 Å². The minimum absolute atomic E-state index is 0.0980. The molecule has 0 heterocycles. The lowest BCUT2D eigenvalue weighted by atomic mass is 9.89. The topological polar surface area (TPSA) is 76.4 Å². The van der Waals surface area contributed by atoms with E-state index in [0.717, 1.165) is 12.8 Å². The van der Waals surface area contributed by atoms with Gasteiger partial charge in [0.2, 0.25) is 0 Å². The Labute approximate surface area is 105 Å². The summed E-state index contributed by atoms with van der Waals surface area (Å²) in [7, 11) is 3.36. The first-order valence-corrected chi connectivity index (χ1v) is 5.90.